The number of aromatic amines is 1. The van der Waals surface area contributed by atoms with E-state index in [4.69, 9.17) is 4.74 Å². The van der Waals surface area contributed by atoms with Crippen LogP contribution in [0.4, 0.5) is 39.1 Å². The number of H-pyrrole nitrogens is 1. The lowest BCUT2D eigenvalue weighted by molar-refractivity contribution is -0.289. The molecule has 4 aromatic rings. The van der Waals surface area contributed by atoms with Crippen molar-refractivity contribution < 1.29 is 36.6 Å². The highest BCUT2D eigenvalue weighted by Crippen LogP contribution is 2.48. The topological polar surface area (TPSA) is 103 Å². The number of likely N-dealkylation sites (tertiary alicyclic amines) is 1. The Labute approximate surface area is 231 Å². The molecular weight excluding hydrogens is 549 g/mol. The second kappa shape index (κ2) is 10.9. The number of carbonyl (C=O) groups excluding carboxylic acids is 1. The zero-order valence-electron chi connectivity index (χ0n) is 21.7. The van der Waals surface area contributed by atoms with Gasteiger partial charge in [-0.1, -0.05) is 6.07 Å². The minimum atomic E-state index is -5.84. The molecule has 0 unspecified atom stereocenters. The van der Waals surface area contributed by atoms with Gasteiger partial charge in [0.15, 0.2) is 5.88 Å². The predicted molar refractivity (Wildman–Crippen MR) is 143 cm³/mol. The number of benzene rings is 2. The van der Waals surface area contributed by atoms with Crippen LogP contribution in [0.15, 0.2) is 60.9 Å². The maximum Gasteiger partial charge on any atom is 0.458 e. The van der Waals surface area contributed by atoms with Gasteiger partial charge in [-0.25, -0.2) is 4.98 Å². The first-order valence-corrected chi connectivity index (χ1v) is 12.7. The number of anilines is 3. The van der Waals surface area contributed by atoms with Crippen LogP contribution in [0.1, 0.15) is 28.8 Å². The van der Waals surface area contributed by atoms with E-state index >= 15 is 0 Å². The first-order chi connectivity index (χ1) is 19.5. The molecule has 216 valence electrons. The molecule has 1 fully saturated rings. The number of nitrogens with one attached hydrogen (secondary N) is 3. The molecule has 1 amide bonds. The van der Waals surface area contributed by atoms with Crippen LogP contribution < -0.4 is 15.4 Å². The molecule has 1 atom stereocenters. The van der Waals surface area contributed by atoms with Gasteiger partial charge in [-0.05, 0) is 62.8 Å². The van der Waals surface area contributed by atoms with Gasteiger partial charge < -0.3 is 30.4 Å². The molecule has 2 aromatic carbocycles. The zero-order chi connectivity index (χ0) is 29.4. The normalized spacial score (nSPS) is 16.2. The second-order valence-corrected chi connectivity index (χ2v) is 9.75. The van der Waals surface area contributed by atoms with Crippen LogP contribution >= 0.6 is 0 Å². The molecule has 3 heterocycles. The summed E-state index contributed by atoms with van der Waals surface area (Å²) in [6, 6.07) is 10.5. The number of alkyl halides is 5. The summed E-state index contributed by atoms with van der Waals surface area (Å²) in [6.45, 7) is 0.669. The van der Waals surface area contributed by atoms with Crippen molar-refractivity contribution in [3.8, 4) is 11.6 Å². The quantitative estimate of drug-likeness (QED) is 0.182. The molecule has 13 heteroatoms. The Morgan fingerprint density at radius 2 is 1.95 bits per heavy atom. The van der Waals surface area contributed by atoms with Crippen molar-refractivity contribution in [2.45, 2.75) is 31.0 Å². The minimum Gasteiger partial charge on any atom is -0.494 e. The van der Waals surface area contributed by atoms with Crippen LogP contribution in [0, 0.1) is 0 Å². The summed E-state index contributed by atoms with van der Waals surface area (Å²) >= 11 is 0. The van der Waals surface area contributed by atoms with Gasteiger partial charge in [0.05, 0.1) is 11.1 Å². The van der Waals surface area contributed by atoms with Gasteiger partial charge in [-0.15, -0.1) is 0 Å². The Morgan fingerprint density at radius 1 is 1.15 bits per heavy atom. The van der Waals surface area contributed by atoms with Crippen LogP contribution in [-0.4, -0.2) is 58.3 Å². The van der Waals surface area contributed by atoms with Gasteiger partial charge in [0.1, 0.15) is 18.2 Å². The third kappa shape index (κ3) is 5.62. The molecule has 5 rings (SSSR count). The van der Waals surface area contributed by atoms with Gasteiger partial charge >= 0.3 is 12.1 Å². The molecule has 0 saturated carbocycles. The average Bonchev–Trinajstić information content (AvgIpc) is 3.52. The standard InChI is InChI=1S/C28H26F5N5O3/c1-38-12-4-5-17(38)15-41-23-13-16(9-10-21(23)27(29,30)28(31,32)33)36-26(40)19-7-3-11-34-24(19)37-22-8-2-6-18-20(22)14-35-25(18)39/h2-3,6-11,13-14,17,35,39H,4-5,12,15H2,1H3,(H,34,37)(H,36,40)/t17-/m1/s1. The molecule has 0 aliphatic carbocycles. The fraction of sp³-hybridized carbons (Fsp3) is 0.286. The van der Waals surface area contributed by atoms with Gasteiger partial charge in [-0.3, -0.25) is 4.79 Å². The largest absolute Gasteiger partial charge is 0.494 e. The lowest BCUT2D eigenvalue weighted by Crippen LogP contribution is -2.35. The molecule has 8 nitrogen and oxygen atoms in total. The summed E-state index contributed by atoms with van der Waals surface area (Å²) in [5.41, 5.74) is -0.767. The number of carbonyl (C=O) groups is 1. The number of hydrogen-bond acceptors (Lipinski definition) is 6. The Hall–Kier alpha value is -4.39. The zero-order valence-corrected chi connectivity index (χ0v) is 21.7. The summed E-state index contributed by atoms with van der Waals surface area (Å²) in [4.78, 5) is 22.1. The Bertz CT molecular complexity index is 1570. The number of nitrogens with zero attached hydrogens (tertiary/aromatic N) is 2. The van der Waals surface area contributed by atoms with E-state index in [1.165, 1.54) is 18.3 Å². The van der Waals surface area contributed by atoms with Crippen LogP contribution in [-0.2, 0) is 5.92 Å². The number of amides is 1. The van der Waals surface area contributed by atoms with Gasteiger partial charge in [-0.2, -0.15) is 22.0 Å². The number of fused-ring (bicyclic) bond motifs is 1. The van der Waals surface area contributed by atoms with Crippen LogP contribution in [0.3, 0.4) is 0 Å². The van der Waals surface area contributed by atoms with E-state index in [-0.39, 0.29) is 35.6 Å². The molecule has 41 heavy (non-hydrogen) atoms. The third-order valence-electron chi connectivity index (χ3n) is 7.06. The van der Waals surface area contributed by atoms with E-state index < -0.39 is 29.3 Å². The number of pyridine rings is 1. The summed E-state index contributed by atoms with van der Waals surface area (Å²) in [5, 5.41) is 16.7. The SMILES string of the molecule is CN1CCC[C@@H]1COc1cc(NC(=O)c2cccnc2Nc2cccc3c(O)[nH]cc23)ccc1C(F)(F)C(F)(F)F. The minimum absolute atomic E-state index is 0.0280. The van der Waals surface area contributed by atoms with Crippen LogP contribution in [0.2, 0.25) is 0 Å². The summed E-state index contributed by atoms with van der Waals surface area (Å²) < 4.78 is 74.0. The lowest BCUT2D eigenvalue weighted by Gasteiger charge is -2.25. The summed E-state index contributed by atoms with van der Waals surface area (Å²) in [5.74, 6) is -6.41. The fourth-order valence-electron chi connectivity index (χ4n) is 4.78. The third-order valence-corrected chi connectivity index (χ3v) is 7.06. The molecule has 4 N–H and O–H groups in total. The van der Waals surface area contributed by atoms with Crippen LogP contribution in [0.25, 0.3) is 10.8 Å². The number of ether oxygens (including phenoxy) is 1. The highest BCUT2D eigenvalue weighted by Gasteiger charge is 2.60. The second-order valence-electron chi connectivity index (χ2n) is 9.75. The van der Waals surface area contributed by atoms with E-state index in [1.807, 2.05) is 11.9 Å². The van der Waals surface area contributed by atoms with Crippen molar-refractivity contribution >= 4 is 33.9 Å². The molecule has 1 aliphatic heterocycles. The number of rotatable bonds is 8. The summed E-state index contributed by atoms with van der Waals surface area (Å²) in [7, 11) is 1.82. The molecule has 0 bridgehead atoms. The Morgan fingerprint density at radius 3 is 2.68 bits per heavy atom. The Kier molecular flexibility index (Phi) is 7.47. The average molecular weight is 576 g/mol. The van der Waals surface area contributed by atoms with Crippen molar-refractivity contribution in [2.75, 3.05) is 30.8 Å². The maximum atomic E-state index is 14.4. The lowest BCUT2D eigenvalue weighted by atomic mass is 10.1. The highest BCUT2D eigenvalue weighted by molar-refractivity contribution is 6.08. The van der Waals surface area contributed by atoms with Crippen molar-refractivity contribution in [3.63, 3.8) is 0 Å². The van der Waals surface area contributed by atoms with Gasteiger partial charge in [0.2, 0.25) is 0 Å². The number of aromatic nitrogens is 2. The molecule has 0 spiro atoms. The van der Waals surface area contributed by atoms with Gasteiger partial charge in [0.25, 0.3) is 5.91 Å². The van der Waals surface area contributed by atoms with Crippen molar-refractivity contribution in [2.24, 2.45) is 0 Å². The van der Waals surface area contributed by atoms with Crippen LogP contribution in [0.5, 0.6) is 11.6 Å². The van der Waals surface area contributed by atoms with Crippen molar-refractivity contribution in [1.82, 2.24) is 14.9 Å². The van der Waals surface area contributed by atoms with E-state index in [2.05, 4.69) is 20.6 Å². The molecule has 0 radical (unpaired) electrons. The number of aromatic hydroxyl groups is 1. The molecule has 1 saturated heterocycles. The summed E-state index contributed by atoms with van der Waals surface area (Å²) in [6.07, 6.45) is -1.24. The first-order valence-electron chi connectivity index (χ1n) is 12.7. The molecule has 1 aliphatic rings. The highest BCUT2D eigenvalue weighted by atomic mass is 19.4. The maximum absolute atomic E-state index is 14.4. The van der Waals surface area contributed by atoms with E-state index in [1.54, 1.807) is 24.4 Å². The van der Waals surface area contributed by atoms with E-state index in [0.717, 1.165) is 25.1 Å². The smallest absolute Gasteiger partial charge is 0.458 e. The number of likely N-dealkylation sites (N-methyl/N-ethyl adjacent to an activating group) is 1. The van der Waals surface area contributed by atoms with Gasteiger partial charge in [0, 0.05) is 46.6 Å². The van der Waals surface area contributed by atoms with E-state index in [0.29, 0.717) is 28.9 Å². The monoisotopic (exact) mass is 575 g/mol. The predicted octanol–water partition coefficient (Wildman–Crippen LogP) is 6.39. The fourth-order valence-corrected chi connectivity index (χ4v) is 4.78. The molecular formula is C28H26F5N5O3. The number of halogens is 5. The first kappa shape index (κ1) is 28.1. The van der Waals surface area contributed by atoms with E-state index in [9.17, 15) is 31.9 Å². The Balaban J connectivity index is 1.42. The van der Waals surface area contributed by atoms with Crippen molar-refractivity contribution in [3.05, 3.63) is 72.1 Å². The number of hydrogen-bond donors (Lipinski definition) is 4. The molecule has 2 aromatic heterocycles. The van der Waals surface area contributed by atoms with Crippen molar-refractivity contribution in [1.29, 1.82) is 0 Å².